The van der Waals surface area contributed by atoms with Gasteiger partial charge in [0, 0.05) is 32.7 Å². The molecule has 0 bridgehead atoms. The highest BCUT2D eigenvalue weighted by Gasteiger charge is 2.26. The molecule has 7 nitrogen and oxygen atoms in total. The Morgan fingerprint density at radius 3 is 2.36 bits per heavy atom. The van der Waals surface area contributed by atoms with Crippen molar-refractivity contribution in [1.29, 1.82) is 0 Å². The highest BCUT2D eigenvalue weighted by molar-refractivity contribution is 14.0. The van der Waals surface area contributed by atoms with E-state index in [-0.39, 0.29) is 30.1 Å². The summed E-state index contributed by atoms with van der Waals surface area (Å²) < 4.78 is 10.8. The summed E-state index contributed by atoms with van der Waals surface area (Å²) in [7, 11) is 1.68. The van der Waals surface area contributed by atoms with Crippen LogP contribution in [0.25, 0.3) is 0 Å². The van der Waals surface area contributed by atoms with Gasteiger partial charge in [0.05, 0.1) is 7.11 Å². The molecule has 1 fully saturated rings. The van der Waals surface area contributed by atoms with Crippen LogP contribution in [0.5, 0.6) is 5.75 Å². The summed E-state index contributed by atoms with van der Waals surface area (Å²) >= 11 is 0. The lowest BCUT2D eigenvalue weighted by atomic mass is 10.1. The molecule has 0 atom stereocenters. The first-order valence-corrected chi connectivity index (χ1v) is 9.36. The van der Waals surface area contributed by atoms with Crippen molar-refractivity contribution in [3.05, 3.63) is 29.3 Å². The number of nitrogens with two attached hydrogens (primary N) is 1. The van der Waals surface area contributed by atoms with Crippen LogP contribution in [-0.2, 0) is 11.2 Å². The number of aliphatic imine (C=N–C) groups is 1. The van der Waals surface area contributed by atoms with Gasteiger partial charge in [-0.25, -0.2) is 4.79 Å². The Hall–Kier alpha value is -1.71. The van der Waals surface area contributed by atoms with Crippen LogP contribution in [0.3, 0.4) is 0 Å². The molecule has 0 radical (unpaired) electrons. The average molecular weight is 504 g/mol. The number of carbonyl (C=O) groups is 1. The summed E-state index contributed by atoms with van der Waals surface area (Å²) in [5.74, 6) is 1.39. The van der Waals surface area contributed by atoms with Gasteiger partial charge in [-0.1, -0.05) is 17.7 Å². The van der Waals surface area contributed by atoms with Gasteiger partial charge in [-0.2, -0.15) is 0 Å². The quantitative estimate of drug-likeness (QED) is 0.388. The third-order valence-electron chi connectivity index (χ3n) is 4.35. The van der Waals surface area contributed by atoms with Crippen molar-refractivity contribution in [3.63, 3.8) is 0 Å². The van der Waals surface area contributed by atoms with Crippen LogP contribution in [-0.4, -0.2) is 67.3 Å². The van der Waals surface area contributed by atoms with E-state index >= 15 is 0 Å². The second kappa shape index (κ2) is 10.7. The van der Waals surface area contributed by atoms with Gasteiger partial charge < -0.3 is 25.0 Å². The first kappa shape index (κ1) is 24.3. The summed E-state index contributed by atoms with van der Waals surface area (Å²) in [4.78, 5) is 20.3. The van der Waals surface area contributed by atoms with Crippen LogP contribution in [0.1, 0.15) is 31.9 Å². The largest absolute Gasteiger partial charge is 0.496 e. The third kappa shape index (κ3) is 7.37. The zero-order valence-electron chi connectivity index (χ0n) is 17.5. The number of aryl methyl sites for hydroxylation is 1. The number of piperazine rings is 1. The zero-order valence-corrected chi connectivity index (χ0v) is 19.9. The van der Waals surface area contributed by atoms with E-state index in [9.17, 15) is 4.79 Å². The van der Waals surface area contributed by atoms with E-state index < -0.39 is 5.60 Å². The molecule has 0 spiro atoms. The van der Waals surface area contributed by atoms with Crippen molar-refractivity contribution in [2.75, 3.05) is 39.8 Å². The molecule has 0 saturated carbocycles. The molecule has 1 aliphatic rings. The minimum Gasteiger partial charge on any atom is -0.496 e. The first-order valence-electron chi connectivity index (χ1n) is 9.36. The van der Waals surface area contributed by atoms with Gasteiger partial charge in [-0.15, -0.1) is 24.0 Å². The minimum atomic E-state index is -0.481. The molecule has 0 aromatic heterocycles. The van der Waals surface area contributed by atoms with Crippen LogP contribution >= 0.6 is 24.0 Å². The molecule has 2 N–H and O–H groups in total. The van der Waals surface area contributed by atoms with Gasteiger partial charge in [0.15, 0.2) is 5.96 Å². The summed E-state index contributed by atoms with van der Waals surface area (Å²) in [6, 6.07) is 6.13. The van der Waals surface area contributed by atoms with Crippen LogP contribution in [0, 0.1) is 6.92 Å². The summed E-state index contributed by atoms with van der Waals surface area (Å²) in [5, 5.41) is 0. The SMILES string of the molecule is COc1ccc(C)cc1CCN=C(N)N1CCN(C(=O)OC(C)(C)C)CC1.I. The molecule has 158 valence electrons. The van der Waals surface area contributed by atoms with Gasteiger partial charge in [0.2, 0.25) is 0 Å². The lowest BCUT2D eigenvalue weighted by Crippen LogP contribution is -2.53. The number of hydrogen-bond acceptors (Lipinski definition) is 4. The lowest BCUT2D eigenvalue weighted by Gasteiger charge is -2.36. The summed E-state index contributed by atoms with van der Waals surface area (Å²) in [6.45, 7) is 10.7. The number of halogens is 1. The Morgan fingerprint density at radius 2 is 1.79 bits per heavy atom. The molecule has 1 amide bonds. The number of rotatable bonds is 4. The highest BCUT2D eigenvalue weighted by atomic mass is 127. The fourth-order valence-corrected chi connectivity index (χ4v) is 2.94. The molecule has 1 aliphatic heterocycles. The van der Waals surface area contributed by atoms with Crippen molar-refractivity contribution < 1.29 is 14.3 Å². The van der Waals surface area contributed by atoms with Gasteiger partial charge >= 0.3 is 6.09 Å². The van der Waals surface area contributed by atoms with Crippen LogP contribution in [0.4, 0.5) is 4.79 Å². The molecular weight excluding hydrogens is 471 g/mol. The van der Waals surface area contributed by atoms with E-state index in [2.05, 4.69) is 18.0 Å². The predicted molar refractivity (Wildman–Crippen MR) is 123 cm³/mol. The number of benzene rings is 1. The maximum atomic E-state index is 12.1. The van der Waals surface area contributed by atoms with Crippen molar-refractivity contribution in [2.24, 2.45) is 10.7 Å². The number of methoxy groups -OCH3 is 1. The average Bonchev–Trinajstić information content (AvgIpc) is 2.60. The van der Waals surface area contributed by atoms with Crippen molar-refractivity contribution in [3.8, 4) is 5.75 Å². The van der Waals surface area contributed by atoms with E-state index in [1.807, 2.05) is 37.8 Å². The molecule has 2 rings (SSSR count). The zero-order chi connectivity index (χ0) is 20.0. The number of hydrogen-bond donors (Lipinski definition) is 1. The molecule has 0 aliphatic carbocycles. The predicted octanol–water partition coefficient (Wildman–Crippen LogP) is 3.03. The normalized spacial score (nSPS) is 15.1. The van der Waals surface area contributed by atoms with Crippen molar-refractivity contribution in [1.82, 2.24) is 9.80 Å². The smallest absolute Gasteiger partial charge is 0.410 e. The molecule has 8 heteroatoms. The van der Waals surface area contributed by atoms with E-state index in [4.69, 9.17) is 15.2 Å². The van der Waals surface area contributed by atoms with E-state index in [0.717, 1.165) is 17.7 Å². The van der Waals surface area contributed by atoms with Gasteiger partial charge in [0.25, 0.3) is 0 Å². The summed E-state index contributed by atoms with van der Waals surface area (Å²) in [6.07, 6.45) is 0.493. The number of amides is 1. The van der Waals surface area contributed by atoms with Gasteiger partial charge in [-0.05, 0) is 45.7 Å². The topological polar surface area (TPSA) is 80.4 Å². The number of nitrogens with zero attached hydrogens (tertiary/aromatic N) is 3. The number of guanidine groups is 1. The molecule has 1 saturated heterocycles. The van der Waals surface area contributed by atoms with E-state index in [1.165, 1.54) is 5.56 Å². The summed E-state index contributed by atoms with van der Waals surface area (Å²) in [5.41, 5.74) is 7.99. The lowest BCUT2D eigenvalue weighted by molar-refractivity contribution is 0.0186. The van der Waals surface area contributed by atoms with Crippen LogP contribution < -0.4 is 10.5 Å². The monoisotopic (exact) mass is 504 g/mol. The van der Waals surface area contributed by atoms with Gasteiger partial charge in [0.1, 0.15) is 11.4 Å². The Morgan fingerprint density at radius 1 is 1.18 bits per heavy atom. The standard InChI is InChI=1S/C20H32N4O3.HI/c1-15-6-7-17(26-5)16(14-15)8-9-22-18(21)23-10-12-24(13-11-23)19(25)27-20(2,3)4;/h6-7,14H,8-13H2,1-5H3,(H2,21,22);1H. The molecule has 1 aromatic carbocycles. The van der Waals surface area contributed by atoms with Crippen LogP contribution in [0.2, 0.25) is 0 Å². The van der Waals surface area contributed by atoms with E-state index in [0.29, 0.717) is 38.7 Å². The third-order valence-corrected chi connectivity index (χ3v) is 4.35. The Bertz CT molecular complexity index is 681. The number of carbonyl (C=O) groups excluding carboxylic acids is 1. The maximum Gasteiger partial charge on any atom is 0.410 e. The Kier molecular flexibility index (Phi) is 9.32. The van der Waals surface area contributed by atoms with Crippen molar-refractivity contribution in [2.45, 2.75) is 39.7 Å². The molecule has 0 unspecified atom stereocenters. The minimum absolute atomic E-state index is 0. The number of ether oxygens (including phenoxy) is 2. The van der Waals surface area contributed by atoms with Crippen molar-refractivity contribution >= 4 is 36.0 Å². The maximum absolute atomic E-state index is 12.1. The van der Waals surface area contributed by atoms with E-state index in [1.54, 1.807) is 12.0 Å². The fraction of sp³-hybridized carbons (Fsp3) is 0.600. The molecule has 1 aromatic rings. The molecular formula is C20H33IN4O3. The van der Waals surface area contributed by atoms with Crippen LogP contribution in [0.15, 0.2) is 23.2 Å². The fourth-order valence-electron chi connectivity index (χ4n) is 2.94. The second-order valence-corrected chi connectivity index (χ2v) is 7.76. The second-order valence-electron chi connectivity index (χ2n) is 7.76. The Labute approximate surface area is 185 Å². The van der Waals surface area contributed by atoms with Gasteiger partial charge in [-0.3, -0.25) is 4.99 Å². The molecule has 1 heterocycles. The highest BCUT2D eigenvalue weighted by Crippen LogP contribution is 2.20. The molecule has 28 heavy (non-hydrogen) atoms. The Balaban J connectivity index is 0.00000392. The first-order chi connectivity index (χ1) is 12.7.